The fourth-order valence-corrected chi connectivity index (χ4v) is 4.61. The number of piperidine rings is 1. The summed E-state index contributed by atoms with van der Waals surface area (Å²) in [6, 6.07) is 6.63. The van der Waals surface area contributed by atoms with Crippen LogP contribution in [0.15, 0.2) is 29.2 Å². The number of nitrogens with zero attached hydrogens (tertiary/aromatic N) is 1. The molecule has 0 spiro atoms. The largest absolute Gasteiger partial charge is 0.399 e. The highest BCUT2D eigenvalue weighted by molar-refractivity contribution is 7.89. The lowest BCUT2D eigenvalue weighted by Gasteiger charge is -2.37. The van der Waals surface area contributed by atoms with E-state index < -0.39 is 10.0 Å². The Labute approximate surface area is 109 Å². The molecule has 1 aromatic rings. The minimum Gasteiger partial charge on any atom is -0.399 e. The summed E-state index contributed by atoms with van der Waals surface area (Å²) in [5, 5.41) is 0. The average Bonchev–Trinajstić information content (AvgIpc) is 2.28. The number of sulfonamides is 1. The smallest absolute Gasteiger partial charge is 0.243 e. The monoisotopic (exact) mass is 268 g/mol. The zero-order valence-corrected chi connectivity index (χ0v) is 11.7. The molecule has 0 unspecified atom stereocenters. The third-order valence-electron chi connectivity index (χ3n) is 3.55. The van der Waals surface area contributed by atoms with E-state index in [1.165, 1.54) is 6.07 Å². The van der Waals surface area contributed by atoms with E-state index in [0.29, 0.717) is 10.6 Å². The van der Waals surface area contributed by atoms with E-state index in [1.54, 1.807) is 22.5 Å². The number of nitrogens with two attached hydrogens (primary N) is 1. The van der Waals surface area contributed by atoms with E-state index in [0.717, 1.165) is 19.3 Å². The van der Waals surface area contributed by atoms with Crippen LogP contribution in [0.2, 0.25) is 0 Å². The van der Waals surface area contributed by atoms with Crippen molar-refractivity contribution < 1.29 is 8.42 Å². The Morgan fingerprint density at radius 1 is 1.22 bits per heavy atom. The van der Waals surface area contributed by atoms with Crippen molar-refractivity contribution in [1.82, 2.24) is 4.31 Å². The molecule has 0 aliphatic carbocycles. The lowest BCUT2D eigenvalue weighted by molar-refractivity contribution is 0.204. The first-order valence-electron chi connectivity index (χ1n) is 6.32. The molecule has 1 saturated heterocycles. The van der Waals surface area contributed by atoms with Crippen LogP contribution in [0.3, 0.4) is 0 Å². The van der Waals surface area contributed by atoms with E-state index in [-0.39, 0.29) is 12.1 Å². The first kappa shape index (κ1) is 13.4. The maximum Gasteiger partial charge on any atom is 0.243 e. The average molecular weight is 268 g/mol. The molecule has 0 saturated carbocycles. The Hall–Kier alpha value is -1.07. The summed E-state index contributed by atoms with van der Waals surface area (Å²) in [7, 11) is -3.43. The van der Waals surface area contributed by atoms with Crippen LogP contribution < -0.4 is 5.73 Å². The molecule has 1 fully saturated rings. The van der Waals surface area contributed by atoms with Crippen molar-refractivity contribution in [2.24, 2.45) is 0 Å². The summed E-state index contributed by atoms with van der Waals surface area (Å²) in [5.74, 6) is 0. The molecule has 1 heterocycles. The minimum atomic E-state index is -3.43. The molecule has 100 valence electrons. The number of hydrogen-bond acceptors (Lipinski definition) is 3. The highest BCUT2D eigenvalue weighted by atomic mass is 32.2. The highest BCUT2D eigenvalue weighted by Gasteiger charge is 2.35. The van der Waals surface area contributed by atoms with Gasteiger partial charge in [-0.1, -0.05) is 12.5 Å². The molecule has 5 heteroatoms. The number of nitrogen functional groups attached to an aromatic ring is 1. The number of anilines is 1. The van der Waals surface area contributed by atoms with Crippen LogP contribution in [0.25, 0.3) is 0 Å². The van der Waals surface area contributed by atoms with Gasteiger partial charge in [0.15, 0.2) is 0 Å². The fraction of sp³-hybridized carbons (Fsp3) is 0.538. The molecule has 2 atom stereocenters. The Balaban J connectivity index is 2.41. The summed E-state index contributed by atoms with van der Waals surface area (Å²) in [6.45, 7) is 3.94. The molecule has 4 nitrogen and oxygen atoms in total. The summed E-state index contributed by atoms with van der Waals surface area (Å²) in [4.78, 5) is 0.295. The van der Waals surface area contributed by atoms with Crippen molar-refractivity contribution in [2.75, 3.05) is 5.73 Å². The van der Waals surface area contributed by atoms with E-state index in [2.05, 4.69) is 0 Å². The van der Waals surface area contributed by atoms with Gasteiger partial charge in [0.2, 0.25) is 10.0 Å². The molecule has 0 radical (unpaired) electrons. The maximum atomic E-state index is 12.6. The van der Waals surface area contributed by atoms with Gasteiger partial charge in [-0.15, -0.1) is 0 Å². The van der Waals surface area contributed by atoms with Crippen molar-refractivity contribution in [3.05, 3.63) is 24.3 Å². The normalized spacial score (nSPS) is 26.1. The van der Waals surface area contributed by atoms with E-state index in [1.807, 2.05) is 13.8 Å². The number of hydrogen-bond donors (Lipinski definition) is 1. The van der Waals surface area contributed by atoms with Crippen LogP contribution in [0.5, 0.6) is 0 Å². The molecular weight excluding hydrogens is 248 g/mol. The van der Waals surface area contributed by atoms with Gasteiger partial charge in [-0.2, -0.15) is 4.31 Å². The Morgan fingerprint density at radius 3 is 2.39 bits per heavy atom. The predicted octanol–water partition coefficient (Wildman–Crippen LogP) is 2.22. The molecule has 0 aromatic heterocycles. The zero-order chi connectivity index (χ0) is 13.3. The van der Waals surface area contributed by atoms with Gasteiger partial charge < -0.3 is 5.73 Å². The van der Waals surface area contributed by atoms with Gasteiger partial charge in [0.05, 0.1) is 4.90 Å². The second-order valence-corrected chi connectivity index (χ2v) is 6.88. The van der Waals surface area contributed by atoms with Crippen LogP contribution in [-0.2, 0) is 10.0 Å². The van der Waals surface area contributed by atoms with Crippen molar-refractivity contribution in [2.45, 2.75) is 50.1 Å². The van der Waals surface area contributed by atoms with Crippen molar-refractivity contribution >= 4 is 15.7 Å². The lowest BCUT2D eigenvalue weighted by atomic mass is 10.0. The Bertz CT molecular complexity index is 518. The fourth-order valence-electron chi connectivity index (χ4n) is 2.67. The van der Waals surface area contributed by atoms with Gasteiger partial charge in [0, 0.05) is 17.8 Å². The van der Waals surface area contributed by atoms with E-state index in [4.69, 9.17) is 5.73 Å². The van der Waals surface area contributed by atoms with Crippen molar-refractivity contribution in [1.29, 1.82) is 0 Å². The molecule has 1 aliphatic rings. The van der Waals surface area contributed by atoms with Crippen molar-refractivity contribution in [3.63, 3.8) is 0 Å². The molecule has 1 aliphatic heterocycles. The van der Waals surface area contributed by atoms with Gasteiger partial charge in [-0.25, -0.2) is 8.42 Å². The molecule has 0 amide bonds. The van der Waals surface area contributed by atoms with Crippen LogP contribution in [0.1, 0.15) is 33.1 Å². The first-order valence-corrected chi connectivity index (χ1v) is 7.76. The molecule has 1 aromatic carbocycles. The minimum absolute atomic E-state index is 0.0557. The van der Waals surface area contributed by atoms with Crippen LogP contribution in [-0.4, -0.2) is 24.8 Å². The number of rotatable bonds is 2. The number of benzene rings is 1. The SMILES string of the molecule is C[C@@H]1CCC[C@H](C)N1S(=O)(=O)c1cccc(N)c1. The maximum absolute atomic E-state index is 12.6. The van der Waals surface area contributed by atoms with Gasteiger partial charge in [-0.05, 0) is 44.9 Å². The third-order valence-corrected chi connectivity index (χ3v) is 5.67. The quantitative estimate of drug-likeness (QED) is 0.836. The van der Waals surface area contributed by atoms with Crippen LogP contribution >= 0.6 is 0 Å². The molecule has 18 heavy (non-hydrogen) atoms. The Morgan fingerprint density at radius 2 is 1.83 bits per heavy atom. The second kappa shape index (κ2) is 4.90. The van der Waals surface area contributed by atoms with Crippen LogP contribution in [0, 0.1) is 0 Å². The van der Waals surface area contributed by atoms with Gasteiger partial charge in [-0.3, -0.25) is 0 Å². The van der Waals surface area contributed by atoms with E-state index in [9.17, 15) is 8.42 Å². The Kier molecular flexibility index (Phi) is 3.64. The summed E-state index contributed by atoms with van der Waals surface area (Å²) in [6.07, 6.45) is 2.93. The predicted molar refractivity (Wildman–Crippen MR) is 72.7 cm³/mol. The lowest BCUT2D eigenvalue weighted by Crippen LogP contribution is -2.47. The summed E-state index contributed by atoms with van der Waals surface area (Å²) in [5.41, 5.74) is 6.15. The zero-order valence-electron chi connectivity index (χ0n) is 10.8. The molecule has 2 N–H and O–H groups in total. The second-order valence-electron chi connectivity index (χ2n) is 5.04. The molecule has 0 bridgehead atoms. The topological polar surface area (TPSA) is 63.4 Å². The standard InChI is InChI=1S/C13H20N2O2S/c1-10-5-3-6-11(2)15(10)18(16,17)13-8-4-7-12(14)9-13/h4,7-11H,3,5-6,14H2,1-2H3/t10-,11+. The van der Waals surface area contributed by atoms with Crippen molar-refractivity contribution in [3.8, 4) is 0 Å². The molecule has 2 rings (SSSR count). The van der Waals surface area contributed by atoms with Crippen LogP contribution in [0.4, 0.5) is 5.69 Å². The first-order chi connectivity index (χ1) is 8.43. The van der Waals surface area contributed by atoms with Gasteiger partial charge >= 0.3 is 0 Å². The summed E-state index contributed by atoms with van der Waals surface area (Å²) < 4.78 is 26.9. The van der Waals surface area contributed by atoms with Gasteiger partial charge in [0.1, 0.15) is 0 Å². The molecular formula is C13H20N2O2S. The van der Waals surface area contributed by atoms with Gasteiger partial charge in [0.25, 0.3) is 0 Å². The third kappa shape index (κ3) is 2.37. The summed E-state index contributed by atoms with van der Waals surface area (Å²) >= 11 is 0. The highest BCUT2D eigenvalue weighted by Crippen LogP contribution is 2.29. The van der Waals surface area contributed by atoms with E-state index >= 15 is 0 Å².